The predicted molar refractivity (Wildman–Crippen MR) is 72.8 cm³/mol. The van der Waals surface area contributed by atoms with E-state index in [9.17, 15) is 4.79 Å². The average molecular weight is 323 g/mol. The molecule has 1 aromatic rings. The second-order valence-electron chi connectivity index (χ2n) is 4.98. The van der Waals surface area contributed by atoms with Crippen molar-refractivity contribution in [2.24, 2.45) is 5.41 Å². The Morgan fingerprint density at radius 1 is 1.59 bits per heavy atom. The summed E-state index contributed by atoms with van der Waals surface area (Å²) >= 11 is 9.17. The van der Waals surface area contributed by atoms with Gasteiger partial charge in [-0.1, -0.05) is 36.7 Å². The zero-order chi connectivity index (χ0) is 13.1. The zero-order valence-electron chi connectivity index (χ0n) is 10.2. The maximum absolute atomic E-state index is 12.0. The van der Waals surface area contributed by atoms with Crippen LogP contribution in [0, 0.1) is 5.41 Å². The highest BCUT2D eigenvalue weighted by Gasteiger charge is 2.27. The van der Waals surface area contributed by atoms with Gasteiger partial charge in [-0.2, -0.15) is 0 Å². The smallest absolute Gasteiger partial charge is 0.256 e. The predicted octanol–water partition coefficient (Wildman–Crippen LogP) is 3.86. The first-order valence-corrected chi connectivity index (χ1v) is 6.96. The Labute approximate surface area is 115 Å². The maximum Gasteiger partial charge on any atom is 0.256 e. The summed E-state index contributed by atoms with van der Waals surface area (Å²) < 4.78 is 4.91. The van der Waals surface area contributed by atoms with Crippen molar-refractivity contribution in [2.75, 3.05) is 5.33 Å². The molecule has 0 saturated carbocycles. The fourth-order valence-corrected chi connectivity index (χ4v) is 2.18. The maximum atomic E-state index is 12.0. The Bertz CT molecular complexity index is 384. The molecule has 0 saturated heterocycles. The second kappa shape index (κ2) is 5.91. The lowest BCUT2D eigenvalue weighted by atomic mass is 9.85. The Morgan fingerprint density at radius 2 is 2.24 bits per heavy atom. The quantitative estimate of drug-likeness (QED) is 0.855. The van der Waals surface area contributed by atoms with E-state index < -0.39 is 0 Å². The number of nitrogens with one attached hydrogen (secondary N) is 1. The minimum Gasteiger partial charge on any atom is -0.452 e. The minimum atomic E-state index is -0.190. The highest BCUT2D eigenvalue weighted by molar-refractivity contribution is 9.09. The van der Waals surface area contributed by atoms with E-state index >= 15 is 0 Å². The van der Waals surface area contributed by atoms with Crippen LogP contribution in [0.2, 0.25) is 5.22 Å². The van der Waals surface area contributed by atoms with Gasteiger partial charge in [-0.05, 0) is 29.5 Å². The van der Waals surface area contributed by atoms with Crippen molar-refractivity contribution in [3.05, 3.63) is 23.1 Å². The molecule has 1 atom stereocenters. The third-order valence-electron chi connectivity index (χ3n) is 2.61. The third kappa shape index (κ3) is 4.03. The van der Waals surface area contributed by atoms with Gasteiger partial charge in [0.2, 0.25) is 5.22 Å². The normalized spacial score (nSPS) is 13.5. The van der Waals surface area contributed by atoms with Crippen LogP contribution in [0.15, 0.2) is 16.7 Å². The number of alkyl halides is 1. The van der Waals surface area contributed by atoms with Crippen molar-refractivity contribution in [1.82, 2.24) is 5.32 Å². The van der Waals surface area contributed by atoms with E-state index in [4.69, 9.17) is 16.0 Å². The molecular weight excluding hydrogens is 305 g/mol. The van der Waals surface area contributed by atoms with E-state index in [1.165, 1.54) is 6.26 Å². The molecule has 5 heteroatoms. The summed E-state index contributed by atoms with van der Waals surface area (Å²) in [5.74, 6) is -0.190. The molecule has 1 heterocycles. The van der Waals surface area contributed by atoms with Gasteiger partial charge < -0.3 is 9.73 Å². The molecule has 0 aliphatic heterocycles. The largest absolute Gasteiger partial charge is 0.452 e. The molecule has 0 aliphatic rings. The molecule has 0 aliphatic carbocycles. The Morgan fingerprint density at radius 3 is 2.65 bits per heavy atom. The molecule has 0 fully saturated rings. The van der Waals surface area contributed by atoms with Crippen molar-refractivity contribution in [3.63, 3.8) is 0 Å². The summed E-state index contributed by atoms with van der Waals surface area (Å²) in [6, 6.07) is 1.66. The van der Waals surface area contributed by atoms with E-state index in [-0.39, 0.29) is 22.6 Å². The second-order valence-corrected chi connectivity index (χ2v) is 6.11. The summed E-state index contributed by atoms with van der Waals surface area (Å²) in [6.07, 6.45) is 2.28. The summed E-state index contributed by atoms with van der Waals surface area (Å²) in [7, 11) is 0. The number of amides is 1. The van der Waals surface area contributed by atoms with E-state index in [1.807, 2.05) is 0 Å². The third-order valence-corrected chi connectivity index (χ3v) is 3.36. The topological polar surface area (TPSA) is 42.2 Å². The van der Waals surface area contributed by atoms with Gasteiger partial charge >= 0.3 is 0 Å². The van der Waals surface area contributed by atoms with Crippen LogP contribution in [0.4, 0.5) is 0 Å². The molecule has 1 rings (SSSR count). The number of rotatable bonds is 4. The van der Waals surface area contributed by atoms with Gasteiger partial charge in [0.1, 0.15) is 0 Å². The van der Waals surface area contributed by atoms with Crippen LogP contribution in [-0.2, 0) is 0 Å². The number of carbonyl (C=O) groups excluding carboxylic acids is 1. The molecule has 1 amide bonds. The standard InChI is InChI=1S/C12H17BrClNO2/c1-12(2,3)9(4-6-13)15-11(16)8-5-7-17-10(8)14/h5,7,9H,4,6H2,1-3H3,(H,15,16). The molecule has 3 nitrogen and oxygen atoms in total. The monoisotopic (exact) mass is 321 g/mol. The van der Waals surface area contributed by atoms with Gasteiger partial charge in [-0.15, -0.1) is 0 Å². The van der Waals surface area contributed by atoms with Crippen molar-refractivity contribution in [2.45, 2.75) is 33.2 Å². The Balaban J connectivity index is 2.75. The van der Waals surface area contributed by atoms with Crippen molar-refractivity contribution >= 4 is 33.4 Å². The molecule has 1 aromatic heterocycles. The van der Waals surface area contributed by atoms with Crippen LogP contribution in [0.3, 0.4) is 0 Å². The number of hydrogen-bond donors (Lipinski definition) is 1. The minimum absolute atomic E-state index is 0.000355. The van der Waals surface area contributed by atoms with E-state index in [0.717, 1.165) is 11.8 Å². The molecule has 0 bridgehead atoms. The van der Waals surface area contributed by atoms with Gasteiger partial charge in [0.15, 0.2) is 0 Å². The number of carbonyl (C=O) groups is 1. The number of hydrogen-bond acceptors (Lipinski definition) is 2. The molecular formula is C12H17BrClNO2. The van der Waals surface area contributed by atoms with Gasteiger partial charge in [-0.25, -0.2) is 0 Å². The zero-order valence-corrected chi connectivity index (χ0v) is 12.6. The molecule has 96 valence electrons. The highest BCUT2D eigenvalue weighted by Crippen LogP contribution is 2.24. The van der Waals surface area contributed by atoms with Gasteiger partial charge in [0.25, 0.3) is 5.91 Å². The summed E-state index contributed by atoms with van der Waals surface area (Å²) in [5, 5.41) is 3.96. The number of halogens is 2. The van der Waals surface area contributed by atoms with E-state index in [2.05, 4.69) is 42.0 Å². The molecule has 0 aromatic carbocycles. The first-order chi connectivity index (χ1) is 7.86. The molecule has 0 radical (unpaired) electrons. The Hall–Kier alpha value is -0.480. The van der Waals surface area contributed by atoms with Crippen LogP contribution in [0.1, 0.15) is 37.6 Å². The van der Waals surface area contributed by atoms with E-state index in [0.29, 0.717) is 5.56 Å². The van der Waals surface area contributed by atoms with Crippen LogP contribution in [0.25, 0.3) is 0 Å². The fourth-order valence-electron chi connectivity index (χ4n) is 1.52. The fraction of sp³-hybridized carbons (Fsp3) is 0.583. The van der Waals surface area contributed by atoms with E-state index in [1.54, 1.807) is 6.07 Å². The molecule has 1 N–H and O–H groups in total. The van der Waals surface area contributed by atoms with Crippen LogP contribution in [-0.4, -0.2) is 17.3 Å². The van der Waals surface area contributed by atoms with Gasteiger partial charge in [0.05, 0.1) is 11.8 Å². The average Bonchev–Trinajstić information content (AvgIpc) is 2.62. The lowest BCUT2D eigenvalue weighted by Crippen LogP contribution is -2.43. The molecule has 1 unspecified atom stereocenters. The van der Waals surface area contributed by atoms with Crippen LogP contribution in [0.5, 0.6) is 0 Å². The van der Waals surface area contributed by atoms with Crippen molar-refractivity contribution in [3.8, 4) is 0 Å². The van der Waals surface area contributed by atoms with Crippen LogP contribution < -0.4 is 5.32 Å². The summed E-state index contributed by atoms with van der Waals surface area (Å²) in [4.78, 5) is 12.0. The van der Waals surface area contributed by atoms with Gasteiger partial charge in [0, 0.05) is 11.4 Å². The lowest BCUT2D eigenvalue weighted by Gasteiger charge is -2.31. The lowest BCUT2D eigenvalue weighted by molar-refractivity contribution is 0.0900. The highest BCUT2D eigenvalue weighted by atomic mass is 79.9. The Kier molecular flexibility index (Phi) is 5.07. The SMILES string of the molecule is CC(C)(C)C(CCBr)NC(=O)c1ccoc1Cl. The molecule has 0 spiro atoms. The first-order valence-electron chi connectivity index (χ1n) is 5.46. The molecule has 17 heavy (non-hydrogen) atoms. The first kappa shape index (κ1) is 14.6. The number of furan rings is 1. The van der Waals surface area contributed by atoms with Crippen LogP contribution >= 0.6 is 27.5 Å². The summed E-state index contributed by atoms with van der Waals surface area (Å²) in [6.45, 7) is 6.28. The van der Waals surface area contributed by atoms with Gasteiger partial charge in [-0.3, -0.25) is 4.79 Å². The van der Waals surface area contributed by atoms with Crippen molar-refractivity contribution in [1.29, 1.82) is 0 Å². The summed E-state index contributed by atoms with van der Waals surface area (Å²) in [5.41, 5.74) is 0.384. The van der Waals surface area contributed by atoms with Crippen molar-refractivity contribution < 1.29 is 9.21 Å².